The second kappa shape index (κ2) is 6.77. The first kappa shape index (κ1) is 16.1. The molecular formula is C16H20N6O2. The molecule has 1 aromatic carbocycles. The molecule has 2 heterocycles. The lowest BCUT2D eigenvalue weighted by molar-refractivity contribution is -0.128. The van der Waals surface area contributed by atoms with E-state index in [1.807, 2.05) is 12.1 Å². The summed E-state index contributed by atoms with van der Waals surface area (Å²) in [7, 11) is 0. The fraction of sp³-hybridized carbons (Fsp3) is 0.438. The van der Waals surface area contributed by atoms with E-state index in [1.54, 1.807) is 17.0 Å². The van der Waals surface area contributed by atoms with E-state index in [0.717, 1.165) is 5.69 Å². The molecule has 1 unspecified atom stereocenters. The SMILES string of the molecule is CC(C)CN1CC(C(=O)Nc2ccc(-n3cnnn3)cc2)CC1=O. The van der Waals surface area contributed by atoms with Crippen LogP contribution in [0.25, 0.3) is 5.69 Å². The highest BCUT2D eigenvalue weighted by atomic mass is 16.2. The molecule has 8 heteroatoms. The maximum absolute atomic E-state index is 12.4. The van der Waals surface area contributed by atoms with Gasteiger partial charge in [-0.3, -0.25) is 9.59 Å². The van der Waals surface area contributed by atoms with Crippen LogP contribution in [0.3, 0.4) is 0 Å². The average Bonchev–Trinajstić information content (AvgIpc) is 3.18. The predicted molar refractivity (Wildman–Crippen MR) is 87.3 cm³/mol. The minimum atomic E-state index is -0.296. The Morgan fingerprint density at radius 3 is 2.71 bits per heavy atom. The molecule has 1 atom stereocenters. The highest BCUT2D eigenvalue weighted by molar-refractivity contribution is 5.97. The lowest BCUT2D eigenvalue weighted by Crippen LogP contribution is -2.31. The molecule has 0 saturated carbocycles. The fourth-order valence-corrected chi connectivity index (χ4v) is 2.79. The van der Waals surface area contributed by atoms with Gasteiger partial charge in [0.05, 0.1) is 11.6 Å². The van der Waals surface area contributed by atoms with E-state index in [0.29, 0.717) is 24.7 Å². The molecule has 0 aliphatic carbocycles. The molecular weight excluding hydrogens is 308 g/mol. The van der Waals surface area contributed by atoms with Gasteiger partial charge in [-0.25, -0.2) is 4.68 Å². The van der Waals surface area contributed by atoms with Gasteiger partial charge in [0.1, 0.15) is 6.33 Å². The molecule has 0 radical (unpaired) electrons. The largest absolute Gasteiger partial charge is 0.342 e. The highest BCUT2D eigenvalue weighted by Crippen LogP contribution is 2.21. The first-order valence-corrected chi connectivity index (χ1v) is 7.95. The van der Waals surface area contributed by atoms with E-state index in [-0.39, 0.29) is 24.2 Å². The lowest BCUT2D eigenvalue weighted by atomic mass is 10.1. The molecule has 3 rings (SSSR count). The number of nitrogens with one attached hydrogen (secondary N) is 1. The first-order valence-electron chi connectivity index (χ1n) is 7.95. The molecule has 1 fully saturated rings. The summed E-state index contributed by atoms with van der Waals surface area (Å²) in [5.74, 6) is 0.0349. The van der Waals surface area contributed by atoms with Gasteiger partial charge >= 0.3 is 0 Å². The molecule has 1 N–H and O–H groups in total. The third-order valence-electron chi connectivity index (χ3n) is 3.92. The topological polar surface area (TPSA) is 93.0 Å². The van der Waals surface area contributed by atoms with Crippen LogP contribution in [0.1, 0.15) is 20.3 Å². The third-order valence-corrected chi connectivity index (χ3v) is 3.92. The lowest BCUT2D eigenvalue weighted by Gasteiger charge is -2.18. The Hall–Kier alpha value is -2.77. The van der Waals surface area contributed by atoms with Crippen molar-refractivity contribution in [3.63, 3.8) is 0 Å². The Bertz CT molecular complexity index is 711. The van der Waals surface area contributed by atoms with Crippen LogP contribution in [0.4, 0.5) is 5.69 Å². The average molecular weight is 328 g/mol. The Morgan fingerprint density at radius 1 is 1.33 bits per heavy atom. The number of hydrogen-bond acceptors (Lipinski definition) is 5. The summed E-state index contributed by atoms with van der Waals surface area (Å²) in [5.41, 5.74) is 1.49. The summed E-state index contributed by atoms with van der Waals surface area (Å²) in [6.45, 7) is 5.31. The predicted octanol–water partition coefficient (Wildman–Crippen LogP) is 1.11. The molecule has 1 aliphatic heterocycles. The summed E-state index contributed by atoms with van der Waals surface area (Å²) >= 11 is 0. The van der Waals surface area contributed by atoms with Gasteiger partial charge in [-0.05, 0) is 40.6 Å². The van der Waals surface area contributed by atoms with Crippen LogP contribution < -0.4 is 5.32 Å². The Balaban J connectivity index is 1.60. The summed E-state index contributed by atoms with van der Waals surface area (Å²) < 4.78 is 1.53. The van der Waals surface area contributed by atoms with Gasteiger partial charge in [0.25, 0.3) is 0 Å². The molecule has 0 bridgehead atoms. The smallest absolute Gasteiger partial charge is 0.229 e. The van der Waals surface area contributed by atoms with Gasteiger partial charge in [0.15, 0.2) is 0 Å². The summed E-state index contributed by atoms with van der Waals surface area (Å²) in [4.78, 5) is 26.1. The summed E-state index contributed by atoms with van der Waals surface area (Å²) in [6, 6.07) is 7.21. The van der Waals surface area contributed by atoms with E-state index >= 15 is 0 Å². The van der Waals surface area contributed by atoms with Gasteiger partial charge in [0, 0.05) is 25.2 Å². The highest BCUT2D eigenvalue weighted by Gasteiger charge is 2.34. The van der Waals surface area contributed by atoms with Crippen LogP contribution in [0.15, 0.2) is 30.6 Å². The Labute approximate surface area is 139 Å². The standard InChI is InChI=1S/C16H20N6O2/c1-11(2)8-21-9-12(7-15(21)23)16(24)18-13-3-5-14(6-4-13)22-10-17-19-20-22/h3-6,10-12H,7-9H2,1-2H3,(H,18,24). The number of aromatic nitrogens is 4. The van der Waals surface area contributed by atoms with Crippen LogP contribution in [-0.2, 0) is 9.59 Å². The van der Waals surface area contributed by atoms with Gasteiger partial charge in [-0.15, -0.1) is 5.10 Å². The fourth-order valence-electron chi connectivity index (χ4n) is 2.79. The monoisotopic (exact) mass is 328 g/mol. The maximum Gasteiger partial charge on any atom is 0.229 e. The molecule has 1 saturated heterocycles. The minimum absolute atomic E-state index is 0.0536. The number of likely N-dealkylation sites (tertiary alicyclic amines) is 1. The zero-order valence-electron chi connectivity index (χ0n) is 13.7. The van der Waals surface area contributed by atoms with Crippen molar-refractivity contribution in [2.75, 3.05) is 18.4 Å². The van der Waals surface area contributed by atoms with E-state index in [1.165, 1.54) is 11.0 Å². The van der Waals surface area contributed by atoms with Crippen LogP contribution >= 0.6 is 0 Å². The van der Waals surface area contributed by atoms with Crippen LogP contribution in [-0.4, -0.2) is 50.0 Å². The second-order valence-electron chi connectivity index (χ2n) is 6.38. The van der Waals surface area contributed by atoms with Gasteiger partial charge < -0.3 is 10.2 Å². The molecule has 2 aromatic rings. The van der Waals surface area contributed by atoms with E-state index in [2.05, 4.69) is 34.7 Å². The number of carbonyl (C=O) groups is 2. The van der Waals surface area contributed by atoms with Crippen molar-refractivity contribution in [3.8, 4) is 5.69 Å². The number of anilines is 1. The van der Waals surface area contributed by atoms with E-state index in [4.69, 9.17) is 0 Å². The normalized spacial score (nSPS) is 17.5. The molecule has 126 valence electrons. The molecule has 2 amide bonds. The van der Waals surface area contributed by atoms with Crippen LogP contribution in [0, 0.1) is 11.8 Å². The molecule has 8 nitrogen and oxygen atoms in total. The number of benzene rings is 1. The Kier molecular flexibility index (Phi) is 4.54. The zero-order valence-corrected chi connectivity index (χ0v) is 13.7. The third kappa shape index (κ3) is 3.58. The van der Waals surface area contributed by atoms with Crippen LogP contribution in [0.2, 0.25) is 0 Å². The minimum Gasteiger partial charge on any atom is -0.342 e. The summed E-state index contributed by atoms with van der Waals surface area (Å²) in [6.07, 6.45) is 1.78. The molecule has 1 aromatic heterocycles. The molecule has 24 heavy (non-hydrogen) atoms. The van der Waals surface area contributed by atoms with Crippen molar-refractivity contribution < 1.29 is 9.59 Å². The van der Waals surface area contributed by atoms with Crippen molar-refractivity contribution in [1.29, 1.82) is 0 Å². The van der Waals surface area contributed by atoms with Crippen molar-refractivity contribution in [2.24, 2.45) is 11.8 Å². The van der Waals surface area contributed by atoms with Crippen molar-refractivity contribution in [3.05, 3.63) is 30.6 Å². The maximum atomic E-state index is 12.4. The van der Waals surface area contributed by atoms with Crippen molar-refractivity contribution in [2.45, 2.75) is 20.3 Å². The molecule has 0 spiro atoms. The number of nitrogens with zero attached hydrogens (tertiary/aromatic N) is 5. The Morgan fingerprint density at radius 2 is 2.08 bits per heavy atom. The van der Waals surface area contributed by atoms with E-state index < -0.39 is 0 Å². The quantitative estimate of drug-likeness (QED) is 0.887. The number of tetrazole rings is 1. The molecule has 1 aliphatic rings. The van der Waals surface area contributed by atoms with E-state index in [9.17, 15) is 9.59 Å². The summed E-state index contributed by atoms with van der Waals surface area (Å²) in [5, 5.41) is 13.8. The number of carbonyl (C=O) groups excluding carboxylic acids is 2. The number of rotatable bonds is 5. The second-order valence-corrected chi connectivity index (χ2v) is 6.38. The first-order chi connectivity index (χ1) is 11.5. The van der Waals surface area contributed by atoms with Gasteiger partial charge in [-0.2, -0.15) is 0 Å². The van der Waals surface area contributed by atoms with Gasteiger partial charge in [-0.1, -0.05) is 13.8 Å². The van der Waals surface area contributed by atoms with Gasteiger partial charge in [0.2, 0.25) is 11.8 Å². The van der Waals surface area contributed by atoms with Crippen molar-refractivity contribution in [1.82, 2.24) is 25.1 Å². The van der Waals surface area contributed by atoms with Crippen molar-refractivity contribution >= 4 is 17.5 Å². The number of hydrogen-bond donors (Lipinski definition) is 1. The zero-order chi connectivity index (χ0) is 17.1. The van der Waals surface area contributed by atoms with Crippen LogP contribution in [0.5, 0.6) is 0 Å². The number of amides is 2.